The summed E-state index contributed by atoms with van der Waals surface area (Å²) in [5.74, 6) is 0.778. The zero-order valence-corrected chi connectivity index (χ0v) is 9.78. The van der Waals surface area contributed by atoms with E-state index in [0.717, 1.165) is 22.8 Å². The molecule has 0 aliphatic rings. The van der Waals surface area contributed by atoms with Crippen molar-refractivity contribution in [2.24, 2.45) is 0 Å². The molecule has 0 aliphatic heterocycles. The fraction of sp³-hybridized carbons (Fsp3) is 0.231. The number of hydrogen-bond acceptors (Lipinski definition) is 3. The standard InChI is InChI=1S/C13H15N3/c1-9-5-4-6-11(7-9)13-15-8-12(14-3)10(2)16-13/h4-8,14H,1-3H3. The SMILES string of the molecule is CNc1cnc(-c2cccc(C)c2)nc1C. The van der Waals surface area contributed by atoms with E-state index < -0.39 is 0 Å². The van der Waals surface area contributed by atoms with Crippen LogP contribution in [0.4, 0.5) is 5.69 Å². The van der Waals surface area contributed by atoms with Gasteiger partial charge in [-0.2, -0.15) is 0 Å². The molecule has 0 atom stereocenters. The predicted octanol–water partition coefficient (Wildman–Crippen LogP) is 2.80. The van der Waals surface area contributed by atoms with Crippen molar-refractivity contribution < 1.29 is 0 Å². The Morgan fingerprint density at radius 3 is 2.62 bits per heavy atom. The lowest BCUT2D eigenvalue weighted by atomic mass is 10.1. The number of rotatable bonds is 2. The summed E-state index contributed by atoms with van der Waals surface area (Å²) < 4.78 is 0. The van der Waals surface area contributed by atoms with Crippen LogP contribution in [-0.4, -0.2) is 17.0 Å². The van der Waals surface area contributed by atoms with Crippen molar-refractivity contribution in [3.63, 3.8) is 0 Å². The Hall–Kier alpha value is -1.90. The molecule has 2 aromatic rings. The van der Waals surface area contributed by atoms with Gasteiger partial charge in [-0.15, -0.1) is 0 Å². The summed E-state index contributed by atoms with van der Waals surface area (Å²) in [5, 5.41) is 3.06. The molecule has 0 amide bonds. The van der Waals surface area contributed by atoms with Crippen molar-refractivity contribution in [2.45, 2.75) is 13.8 Å². The number of anilines is 1. The molecule has 1 aromatic heterocycles. The van der Waals surface area contributed by atoms with Crippen LogP contribution in [0.3, 0.4) is 0 Å². The number of aryl methyl sites for hydroxylation is 2. The van der Waals surface area contributed by atoms with E-state index in [-0.39, 0.29) is 0 Å². The van der Waals surface area contributed by atoms with E-state index in [2.05, 4.69) is 34.3 Å². The Kier molecular flexibility index (Phi) is 2.86. The topological polar surface area (TPSA) is 37.8 Å². The van der Waals surface area contributed by atoms with Gasteiger partial charge in [0.1, 0.15) is 0 Å². The van der Waals surface area contributed by atoms with E-state index in [1.165, 1.54) is 5.56 Å². The van der Waals surface area contributed by atoms with Crippen LogP contribution < -0.4 is 5.32 Å². The highest BCUT2D eigenvalue weighted by Gasteiger charge is 2.04. The van der Waals surface area contributed by atoms with E-state index in [1.807, 2.05) is 32.3 Å². The van der Waals surface area contributed by atoms with Crippen molar-refractivity contribution in [2.75, 3.05) is 12.4 Å². The Balaban J connectivity index is 2.45. The highest BCUT2D eigenvalue weighted by atomic mass is 14.9. The van der Waals surface area contributed by atoms with Gasteiger partial charge in [-0.25, -0.2) is 9.97 Å². The Labute approximate surface area is 95.6 Å². The van der Waals surface area contributed by atoms with Gasteiger partial charge in [0.15, 0.2) is 5.82 Å². The number of nitrogens with one attached hydrogen (secondary N) is 1. The third-order valence-electron chi connectivity index (χ3n) is 2.52. The maximum Gasteiger partial charge on any atom is 0.159 e. The largest absolute Gasteiger partial charge is 0.385 e. The third-order valence-corrected chi connectivity index (χ3v) is 2.52. The van der Waals surface area contributed by atoms with Crippen LogP contribution >= 0.6 is 0 Å². The second-order valence-electron chi connectivity index (χ2n) is 3.81. The summed E-state index contributed by atoms with van der Waals surface area (Å²) in [6.45, 7) is 4.05. The number of nitrogens with zero attached hydrogens (tertiary/aromatic N) is 2. The highest BCUT2D eigenvalue weighted by Crippen LogP contribution is 2.18. The minimum absolute atomic E-state index is 0.778. The first-order valence-corrected chi connectivity index (χ1v) is 5.29. The number of aromatic nitrogens is 2. The molecule has 0 bridgehead atoms. The molecular weight excluding hydrogens is 198 g/mol. The smallest absolute Gasteiger partial charge is 0.159 e. The minimum Gasteiger partial charge on any atom is -0.385 e. The minimum atomic E-state index is 0.778. The first kappa shape index (κ1) is 10.6. The van der Waals surface area contributed by atoms with Crippen molar-refractivity contribution in [3.05, 3.63) is 41.7 Å². The molecule has 16 heavy (non-hydrogen) atoms. The lowest BCUT2D eigenvalue weighted by Crippen LogP contribution is -1.98. The third kappa shape index (κ3) is 2.03. The molecule has 3 heteroatoms. The van der Waals surface area contributed by atoms with Crippen LogP contribution in [0, 0.1) is 13.8 Å². The van der Waals surface area contributed by atoms with Crippen molar-refractivity contribution in [1.29, 1.82) is 0 Å². The highest BCUT2D eigenvalue weighted by molar-refractivity contribution is 5.58. The molecule has 1 N–H and O–H groups in total. The summed E-state index contributed by atoms with van der Waals surface area (Å²) in [5.41, 5.74) is 4.22. The molecule has 2 rings (SSSR count). The summed E-state index contributed by atoms with van der Waals surface area (Å²) in [4.78, 5) is 8.83. The summed E-state index contributed by atoms with van der Waals surface area (Å²) >= 11 is 0. The zero-order chi connectivity index (χ0) is 11.5. The predicted molar refractivity (Wildman–Crippen MR) is 66.5 cm³/mol. The van der Waals surface area contributed by atoms with Crippen molar-refractivity contribution >= 4 is 5.69 Å². The van der Waals surface area contributed by atoms with Crippen LogP contribution in [0.15, 0.2) is 30.5 Å². The average molecular weight is 213 g/mol. The van der Waals surface area contributed by atoms with Gasteiger partial charge >= 0.3 is 0 Å². The average Bonchev–Trinajstić information content (AvgIpc) is 2.29. The van der Waals surface area contributed by atoms with E-state index in [9.17, 15) is 0 Å². The molecule has 0 radical (unpaired) electrons. The Morgan fingerprint density at radius 1 is 1.19 bits per heavy atom. The molecule has 1 aromatic carbocycles. The monoisotopic (exact) mass is 213 g/mol. The van der Waals surface area contributed by atoms with E-state index in [1.54, 1.807) is 0 Å². The van der Waals surface area contributed by atoms with Gasteiger partial charge in [-0.1, -0.05) is 23.8 Å². The summed E-state index contributed by atoms with van der Waals surface area (Å²) in [6.07, 6.45) is 1.82. The maximum absolute atomic E-state index is 4.48. The van der Waals surface area contributed by atoms with Gasteiger partial charge in [0.2, 0.25) is 0 Å². The lowest BCUT2D eigenvalue weighted by Gasteiger charge is -2.06. The molecule has 0 saturated heterocycles. The van der Waals surface area contributed by atoms with E-state index in [0.29, 0.717) is 0 Å². The molecule has 0 spiro atoms. The quantitative estimate of drug-likeness (QED) is 0.833. The molecule has 3 nitrogen and oxygen atoms in total. The fourth-order valence-electron chi connectivity index (χ4n) is 1.64. The van der Waals surface area contributed by atoms with Crippen LogP contribution in [0.1, 0.15) is 11.3 Å². The Bertz CT molecular complexity index is 506. The summed E-state index contributed by atoms with van der Waals surface area (Å²) in [7, 11) is 1.87. The van der Waals surface area contributed by atoms with E-state index >= 15 is 0 Å². The second kappa shape index (κ2) is 4.31. The maximum atomic E-state index is 4.48. The van der Waals surface area contributed by atoms with Crippen molar-refractivity contribution in [3.8, 4) is 11.4 Å². The molecule has 0 unspecified atom stereocenters. The molecule has 0 aliphatic carbocycles. The van der Waals surface area contributed by atoms with Gasteiger partial charge in [-0.05, 0) is 19.9 Å². The first-order chi connectivity index (χ1) is 7.70. The van der Waals surface area contributed by atoms with Gasteiger partial charge in [-0.3, -0.25) is 0 Å². The molecule has 0 saturated carbocycles. The van der Waals surface area contributed by atoms with Crippen LogP contribution in [-0.2, 0) is 0 Å². The molecule has 1 heterocycles. The molecular formula is C13H15N3. The van der Waals surface area contributed by atoms with Crippen molar-refractivity contribution in [1.82, 2.24) is 9.97 Å². The van der Waals surface area contributed by atoms with Gasteiger partial charge in [0, 0.05) is 12.6 Å². The van der Waals surface area contributed by atoms with Gasteiger partial charge < -0.3 is 5.32 Å². The Morgan fingerprint density at radius 2 is 2.00 bits per heavy atom. The van der Waals surface area contributed by atoms with Crippen LogP contribution in [0.2, 0.25) is 0 Å². The first-order valence-electron chi connectivity index (χ1n) is 5.29. The van der Waals surface area contributed by atoms with Crippen LogP contribution in [0.25, 0.3) is 11.4 Å². The van der Waals surface area contributed by atoms with Crippen LogP contribution in [0.5, 0.6) is 0 Å². The number of hydrogen-bond donors (Lipinski definition) is 1. The normalized spacial score (nSPS) is 10.2. The summed E-state index contributed by atoms with van der Waals surface area (Å²) in [6, 6.07) is 8.21. The molecule has 0 fully saturated rings. The fourth-order valence-corrected chi connectivity index (χ4v) is 1.64. The van der Waals surface area contributed by atoms with Gasteiger partial charge in [0.05, 0.1) is 17.6 Å². The second-order valence-corrected chi connectivity index (χ2v) is 3.81. The zero-order valence-electron chi connectivity index (χ0n) is 9.78. The van der Waals surface area contributed by atoms with Gasteiger partial charge in [0.25, 0.3) is 0 Å². The molecule has 82 valence electrons. The lowest BCUT2D eigenvalue weighted by molar-refractivity contribution is 1.11. The number of benzene rings is 1. The van der Waals surface area contributed by atoms with E-state index in [4.69, 9.17) is 0 Å².